The third-order valence-corrected chi connectivity index (χ3v) is 5.70. The third kappa shape index (κ3) is 4.87. The van der Waals surface area contributed by atoms with E-state index in [2.05, 4.69) is 0 Å². The smallest absolute Gasteiger partial charge is 0.187 e. The Morgan fingerprint density at radius 3 is 1.81 bits per heavy atom. The second-order valence-corrected chi connectivity index (χ2v) is 7.83. The fourth-order valence-corrected chi connectivity index (χ4v) is 3.78. The van der Waals surface area contributed by atoms with Crippen LogP contribution in [0.2, 0.25) is 0 Å². The van der Waals surface area contributed by atoms with Crippen LogP contribution in [0.4, 0.5) is 0 Å². The zero-order valence-electron chi connectivity index (χ0n) is 16.6. The number of hydrogen-bond acceptors (Lipinski definition) is 14. The van der Waals surface area contributed by atoms with Crippen LogP contribution in [-0.4, -0.2) is 145 Å². The van der Waals surface area contributed by atoms with Crippen LogP contribution in [0.3, 0.4) is 0 Å². The van der Waals surface area contributed by atoms with Gasteiger partial charge in [-0.3, -0.25) is 0 Å². The van der Waals surface area contributed by atoms with Crippen molar-refractivity contribution in [2.24, 2.45) is 0 Å². The van der Waals surface area contributed by atoms with E-state index in [4.69, 9.17) is 23.7 Å². The molecule has 0 aromatic rings. The first-order valence-corrected chi connectivity index (χ1v) is 9.86. The summed E-state index contributed by atoms with van der Waals surface area (Å²) in [6.07, 6.45) is -20.8. The zero-order chi connectivity index (χ0) is 23.0. The van der Waals surface area contributed by atoms with E-state index in [0.717, 1.165) is 0 Å². The van der Waals surface area contributed by atoms with E-state index in [1.54, 1.807) is 0 Å². The summed E-state index contributed by atoms with van der Waals surface area (Å²) in [5.74, 6) is 0. The molecule has 31 heavy (non-hydrogen) atoms. The average Bonchev–Trinajstić information content (AvgIpc) is 3.05. The molecular formula is C17H30O14. The Morgan fingerprint density at radius 1 is 0.581 bits per heavy atom. The maximum absolute atomic E-state index is 10.5. The number of hydrogen-bond donors (Lipinski definition) is 9. The van der Waals surface area contributed by atoms with Gasteiger partial charge in [0.15, 0.2) is 18.9 Å². The van der Waals surface area contributed by atoms with Crippen molar-refractivity contribution in [2.75, 3.05) is 13.2 Å². The molecule has 0 aliphatic carbocycles. The number of ether oxygens (including phenoxy) is 5. The molecule has 3 fully saturated rings. The predicted molar refractivity (Wildman–Crippen MR) is 93.8 cm³/mol. The molecule has 14 heteroatoms. The predicted octanol–water partition coefficient (Wildman–Crippen LogP) is -5.91. The van der Waals surface area contributed by atoms with Crippen LogP contribution in [0.5, 0.6) is 0 Å². The normalized spacial score (nSPS) is 53.6. The van der Waals surface area contributed by atoms with Gasteiger partial charge in [-0.15, -0.1) is 0 Å². The molecule has 182 valence electrons. The van der Waals surface area contributed by atoms with Crippen LogP contribution in [0.15, 0.2) is 0 Å². The van der Waals surface area contributed by atoms with Crippen molar-refractivity contribution >= 4 is 0 Å². The lowest BCUT2D eigenvalue weighted by Crippen LogP contribution is -2.61. The highest BCUT2D eigenvalue weighted by atomic mass is 16.8. The van der Waals surface area contributed by atoms with Gasteiger partial charge in [0.2, 0.25) is 0 Å². The fourth-order valence-electron chi connectivity index (χ4n) is 3.78. The molecule has 3 rings (SSSR count). The van der Waals surface area contributed by atoms with E-state index in [1.807, 2.05) is 0 Å². The Balaban J connectivity index is 1.76. The zero-order valence-corrected chi connectivity index (χ0v) is 16.6. The minimum atomic E-state index is -1.78. The molecule has 3 heterocycles. The quantitative estimate of drug-likeness (QED) is 0.181. The minimum absolute atomic E-state index is 0.652. The summed E-state index contributed by atoms with van der Waals surface area (Å²) in [6.45, 7) is 0.0689. The van der Waals surface area contributed by atoms with Gasteiger partial charge >= 0.3 is 0 Å². The molecule has 3 aliphatic rings. The van der Waals surface area contributed by atoms with E-state index < -0.39 is 99.2 Å². The first kappa shape index (κ1) is 25.1. The van der Waals surface area contributed by atoms with Crippen LogP contribution in [0, 0.1) is 0 Å². The van der Waals surface area contributed by atoms with Gasteiger partial charge in [0, 0.05) is 0 Å². The van der Waals surface area contributed by atoms with Crippen molar-refractivity contribution in [3.63, 3.8) is 0 Å². The molecule has 3 saturated heterocycles. The maximum Gasteiger partial charge on any atom is 0.187 e. The highest BCUT2D eigenvalue weighted by Gasteiger charge is 2.53. The van der Waals surface area contributed by atoms with Crippen LogP contribution in [0.1, 0.15) is 6.92 Å². The molecule has 14 nitrogen and oxygen atoms in total. The first-order valence-electron chi connectivity index (χ1n) is 9.86. The van der Waals surface area contributed by atoms with E-state index in [0.29, 0.717) is 0 Å². The van der Waals surface area contributed by atoms with Gasteiger partial charge in [0.1, 0.15) is 61.0 Å². The monoisotopic (exact) mass is 458 g/mol. The molecule has 0 aromatic heterocycles. The Morgan fingerprint density at radius 2 is 1.19 bits per heavy atom. The third-order valence-electron chi connectivity index (χ3n) is 5.70. The molecule has 0 spiro atoms. The first-order chi connectivity index (χ1) is 14.6. The fraction of sp³-hybridized carbons (Fsp3) is 1.00. The van der Waals surface area contributed by atoms with Gasteiger partial charge in [0.05, 0.1) is 19.3 Å². The molecular weight excluding hydrogens is 428 g/mol. The lowest BCUT2D eigenvalue weighted by Gasteiger charge is -2.42. The van der Waals surface area contributed by atoms with E-state index >= 15 is 0 Å². The van der Waals surface area contributed by atoms with Gasteiger partial charge in [-0.25, -0.2) is 0 Å². The van der Waals surface area contributed by atoms with Crippen molar-refractivity contribution in [3.8, 4) is 0 Å². The van der Waals surface area contributed by atoms with Crippen molar-refractivity contribution in [3.05, 3.63) is 0 Å². The topological polar surface area (TPSA) is 228 Å². The van der Waals surface area contributed by atoms with Crippen molar-refractivity contribution in [2.45, 2.75) is 92.9 Å². The van der Waals surface area contributed by atoms with Crippen molar-refractivity contribution in [1.82, 2.24) is 0 Å². The Kier molecular flexibility index (Phi) is 8.21. The summed E-state index contributed by atoms with van der Waals surface area (Å²) >= 11 is 0. The largest absolute Gasteiger partial charge is 0.394 e. The van der Waals surface area contributed by atoms with Crippen LogP contribution in [-0.2, 0) is 23.7 Å². The summed E-state index contributed by atoms with van der Waals surface area (Å²) in [7, 11) is 0. The molecule has 0 aromatic carbocycles. The molecule has 9 N–H and O–H groups in total. The standard InChI is InChI=1S/C17H30O14/c1-4-7(20)9(22)12(25)16(27-4)31-14-8(21)5(2-18)29-17(14)30-13-6(3-19)28-15(26)11(24)10(13)23/h4-26H,2-3H2,1H3/t4-,5-,6+,7-,8-,9+,10+,11+,12+,13+,14+,15?,16-,17-/m0/s1. The second-order valence-electron chi connectivity index (χ2n) is 7.83. The van der Waals surface area contributed by atoms with Gasteiger partial charge < -0.3 is 69.6 Å². The van der Waals surface area contributed by atoms with E-state index in [-0.39, 0.29) is 0 Å². The lowest BCUT2D eigenvalue weighted by atomic mass is 9.99. The van der Waals surface area contributed by atoms with Crippen molar-refractivity contribution in [1.29, 1.82) is 0 Å². The molecule has 14 atom stereocenters. The molecule has 0 amide bonds. The summed E-state index contributed by atoms with van der Waals surface area (Å²) in [6, 6.07) is 0. The Hall–Kier alpha value is -0.560. The Labute approximate surface area is 176 Å². The van der Waals surface area contributed by atoms with Gasteiger partial charge in [-0.2, -0.15) is 0 Å². The summed E-state index contributed by atoms with van der Waals surface area (Å²) in [5, 5.41) is 89.0. The molecule has 1 unspecified atom stereocenters. The summed E-state index contributed by atoms with van der Waals surface area (Å²) < 4.78 is 26.9. The highest BCUT2D eigenvalue weighted by Crippen LogP contribution is 2.33. The second kappa shape index (κ2) is 10.1. The summed E-state index contributed by atoms with van der Waals surface area (Å²) in [4.78, 5) is 0. The van der Waals surface area contributed by atoms with E-state index in [1.165, 1.54) is 6.92 Å². The SMILES string of the molecule is C[C@@H]1O[C@@H](O[C@H]2[C@H](O[C@H]3[C@H](O)[C@@H](O)C(O)O[C@@H]3CO)O[C@@H](CO)[C@@H]2O)[C@H](O)[C@H](O)[C@H]1O. The van der Waals surface area contributed by atoms with Gasteiger partial charge in [-0.05, 0) is 6.92 Å². The van der Waals surface area contributed by atoms with Crippen LogP contribution < -0.4 is 0 Å². The molecule has 0 saturated carbocycles. The Bertz CT molecular complexity index is 579. The van der Waals surface area contributed by atoms with Gasteiger partial charge in [0.25, 0.3) is 0 Å². The van der Waals surface area contributed by atoms with Crippen LogP contribution in [0.25, 0.3) is 0 Å². The number of aliphatic hydroxyl groups excluding tert-OH is 9. The minimum Gasteiger partial charge on any atom is -0.394 e. The van der Waals surface area contributed by atoms with Gasteiger partial charge in [-0.1, -0.05) is 0 Å². The van der Waals surface area contributed by atoms with Crippen molar-refractivity contribution < 1.29 is 69.6 Å². The number of aliphatic hydroxyl groups is 9. The molecule has 0 radical (unpaired) electrons. The maximum atomic E-state index is 10.5. The summed E-state index contributed by atoms with van der Waals surface area (Å²) in [5.41, 5.74) is 0. The van der Waals surface area contributed by atoms with Crippen LogP contribution >= 0.6 is 0 Å². The highest BCUT2D eigenvalue weighted by molar-refractivity contribution is 4.95. The lowest BCUT2D eigenvalue weighted by molar-refractivity contribution is -0.343. The molecule has 3 aliphatic heterocycles. The van der Waals surface area contributed by atoms with E-state index in [9.17, 15) is 46.0 Å². The molecule has 0 bridgehead atoms. The number of rotatable bonds is 6. The average molecular weight is 458 g/mol.